The van der Waals surface area contributed by atoms with Crippen LogP contribution in [0.2, 0.25) is 0 Å². The lowest BCUT2D eigenvalue weighted by molar-refractivity contribution is 0.458. The Labute approximate surface area is 113 Å². The lowest BCUT2D eigenvalue weighted by Crippen LogP contribution is -2.08. The maximum absolute atomic E-state index is 5.82. The fraction of sp³-hybridized carbons (Fsp3) is 0.286. The normalized spacial score (nSPS) is 10.1. The van der Waals surface area contributed by atoms with Crippen LogP contribution in [0.4, 0.5) is 11.6 Å². The molecule has 0 aliphatic carbocycles. The fourth-order valence-electron chi connectivity index (χ4n) is 1.59. The van der Waals surface area contributed by atoms with Gasteiger partial charge in [0.15, 0.2) is 0 Å². The van der Waals surface area contributed by atoms with E-state index in [1.54, 1.807) is 13.2 Å². The molecule has 5 heteroatoms. The van der Waals surface area contributed by atoms with Crippen LogP contribution in [0.3, 0.4) is 0 Å². The van der Waals surface area contributed by atoms with Crippen molar-refractivity contribution in [3.8, 4) is 11.6 Å². The Morgan fingerprint density at radius 1 is 1.26 bits per heavy atom. The number of hydrogen-bond donors (Lipinski definition) is 1. The maximum Gasteiger partial charge on any atom is 0.226 e. The average molecular weight is 258 g/mol. The molecule has 1 aromatic heterocycles. The second-order valence-corrected chi connectivity index (χ2v) is 4.43. The molecule has 0 atom stereocenters. The molecule has 0 spiro atoms. The number of nitrogens with zero attached hydrogens (tertiary/aromatic N) is 3. The van der Waals surface area contributed by atoms with Crippen LogP contribution in [-0.2, 0) is 0 Å². The largest absolute Gasteiger partial charge is 0.438 e. The standard InChI is InChI=1S/C14H18N4O/c1-10-9-16-14(15-2)17-13(10)19-12-7-5-6-11(8-12)18(3)4/h5-9H,1-4H3,(H,15,16,17). The molecule has 0 aliphatic heterocycles. The number of ether oxygens (including phenoxy) is 1. The summed E-state index contributed by atoms with van der Waals surface area (Å²) in [5, 5.41) is 2.90. The Hall–Kier alpha value is -2.30. The molecule has 0 unspecified atom stereocenters. The molecule has 5 nitrogen and oxygen atoms in total. The van der Waals surface area contributed by atoms with Crippen LogP contribution in [0.5, 0.6) is 11.6 Å². The summed E-state index contributed by atoms with van der Waals surface area (Å²) in [4.78, 5) is 10.5. The number of anilines is 2. The summed E-state index contributed by atoms with van der Waals surface area (Å²) >= 11 is 0. The third-order valence-electron chi connectivity index (χ3n) is 2.70. The smallest absolute Gasteiger partial charge is 0.226 e. The minimum absolute atomic E-state index is 0.546. The van der Waals surface area contributed by atoms with Crippen molar-refractivity contribution in [3.63, 3.8) is 0 Å². The highest BCUT2D eigenvalue weighted by molar-refractivity contribution is 5.50. The molecular weight excluding hydrogens is 240 g/mol. The van der Waals surface area contributed by atoms with Crippen molar-refractivity contribution < 1.29 is 4.74 Å². The van der Waals surface area contributed by atoms with Gasteiger partial charge in [-0.2, -0.15) is 4.98 Å². The van der Waals surface area contributed by atoms with E-state index in [0.29, 0.717) is 11.8 Å². The van der Waals surface area contributed by atoms with Crippen LogP contribution >= 0.6 is 0 Å². The fourth-order valence-corrected chi connectivity index (χ4v) is 1.59. The monoisotopic (exact) mass is 258 g/mol. The Morgan fingerprint density at radius 2 is 2.05 bits per heavy atom. The highest BCUT2D eigenvalue weighted by atomic mass is 16.5. The van der Waals surface area contributed by atoms with Gasteiger partial charge < -0.3 is 15.0 Å². The minimum atomic E-state index is 0.546. The lowest BCUT2D eigenvalue weighted by atomic mass is 10.3. The zero-order valence-electron chi connectivity index (χ0n) is 11.6. The number of rotatable bonds is 4. The number of hydrogen-bond acceptors (Lipinski definition) is 5. The van der Waals surface area contributed by atoms with Gasteiger partial charge in [0, 0.05) is 44.7 Å². The Balaban J connectivity index is 2.28. The molecule has 1 heterocycles. The van der Waals surface area contributed by atoms with E-state index in [4.69, 9.17) is 4.74 Å². The number of nitrogens with one attached hydrogen (secondary N) is 1. The first-order chi connectivity index (χ1) is 9.10. The summed E-state index contributed by atoms with van der Waals surface area (Å²) in [6.07, 6.45) is 1.74. The summed E-state index contributed by atoms with van der Waals surface area (Å²) in [6, 6.07) is 7.87. The van der Waals surface area contributed by atoms with Crippen molar-refractivity contribution >= 4 is 11.6 Å². The van der Waals surface area contributed by atoms with Gasteiger partial charge in [-0.1, -0.05) is 6.07 Å². The van der Waals surface area contributed by atoms with E-state index in [2.05, 4.69) is 15.3 Å². The molecule has 1 aromatic carbocycles. The van der Waals surface area contributed by atoms with Crippen molar-refractivity contribution in [1.82, 2.24) is 9.97 Å². The van der Waals surface area contributed by atoms with E-state index in [1.165, 1.54) is 0 Å². The van der Waals surface area contributed by atoms with Gasteiger partial charge >= 0.3 is 0 Å². The minimum Gasteiger partial charge on any atom is -0.438 e. The van der Waals surface area contributed by atoms with Crippen LogP contribution in [0.15, 0.2) is 30.5 Å². The first kappa shape index (κ1) is 13.1. The van der Waals surface area contributed by atoms with Crippen molar-refractivity contribution in [2.75, 3.05) is 31.4 Å². The van der Waals surface area contributed by atoms with Gasteiger partial charge in [0.25, 0.3) is 0 Å². The SMILES string of the molecule is CNc1ncc(C)c(Oc2cccc(N(C)C)c2)n1. The Morgan fingerprint density at radius 3 is 2.74 bits per heavy atom. The van der Waals surface area contributed by atoms with E-state index in [-0.39, 0.29) is 0 Å². The summed E-state index contributed by atoms with van der Waals surface area (Å²) in [5.41, 5.74) is 1.98. The van der Waals surface area contributed by atoms with Crippen LogP contribution < -0.4 is 15.0 Å². The average Bonchev–Trinajstić information content (AvgIpc) is 2.41. The van der Waals surface area contributed by atoms with E-state index in [1.807, 2.05) is 50.2 Å². The molecule has 0 aliphatic rings. The van der Waals surface area contributed by atoms with Crippen LogP contribution in [0.25, 0.3) is 0 Å². The third kappa shape index (κ3) is 3.13. The zero-order valence-corrected chi connectivity index (χ0v) is 11.6. The van der Waals surface area contributed by atoms with Gasteiger partial charge in [-0.3, -0.25) is 0 Å². The van der Waals surface area contributed by atoms with Gasteiger partial charge in [-0.25, -0.2) is 4.98 Å². The molecule has 0 saturated heterocycles. The molecule has 0 amide bonds. The van der Waals surface area contributed by atoms with Gasteiger partial charge in [0.05, 0.1) is 0 Å². The van der Waals surface area contributed by atoms with Crippen LogP contribution in [0.1, 0.15) is 5.56 Å². The van der Waals surface area contributed by atoms with Crippen LogP contribution in [-0.4, -0.2) is 31.1 Å². The van der Waals surface area contributed by atoms with Crippen molar-refractivity contribution in [3.05, 3.63) is 36.0 Å². The molecule has 1 N–H and O–H groups in total. The highest BCUT2D eigenvalue weighted by Crippen LogP contribution is 2.26. The highest BCUT2D eigenvalue weighted by Gasteiger charge is 2.06. The topological polar surface area (TPSA) is 50.3 Å². The van der Waals surface area contributed by atoms with E-state index in [9.17, 15) is 0 Å². The molecule has 0 radical (unpaired) electrons. The number of benzene rings is 1. The first-order valence-corrected chi connectivity index (χ1v) is 6.07. The second-order valence-electron chi connectivity index (χ2n) is 4.43. The van der Waals surface area contributed by atoms with E-state index < -0.39 is 0 Å². The molecule has 0 saturated carbocycles. The molecule has 19 heavy (non-hydrogen) atoms. The first-order valence-electron chi connectivity index (χ1n) is 6.07. The summed E-state index contributed by atoms with van der Waals surface area (Å²) in [7, 11) is 5.77. The van der Waals surface area contributed by atoms with Gasteiger partial charge in [-0.05, 0) is 19.1 Å². The summed E-state index contributed by atoms with van der Waals surface area (Å²) < 4.78 is 5.82. The lowest BCUT2D eigenvalue weighted by Gasteiger charge is -2.14. The molecule has 0 bridgehead atoms. The molecule has 2 aromatic rings. The van der Waals surface area contributed by atoms with Crippen molar-refractivity contribution in [2.24, 2.45) is 0 Å². The zero-order chi connectivity index (χ0) is 13.8. The van der Waals surface area contributed by atoms with Gasteiger partial charge in [0.1, 0.15) is 5.75 Å². The molecular formula is C14H18N4O. The summed E-state index contributed by atoms with van der Waals surface area (Å²) in [5.74, 6) is 1.87. The quantitative estimate of drug-likeness (QED) is 0.913. The molecule has 0 fully saturated rings. The second kappa shape index (κ2) is 5.56. The van der Waals surface area contributed by atoms with E-state index >= 15 is 0 Å². The maximum atomic E-state index is 5.82. The number of aryl methyl sites for hydroxylation is 1. The van der Waals surface area contributed by atoms with E-state index in [0.717, 1.165) is 17.0 Å². The van der Waals surface area contributed by atoms with Crippen LogP contribution in [0, 0.1) is 6.92 Å². The predicted octanol–water partition coefficient (Wildman–Crippen LogP) is 2.69. The van der Waals surface area contributed by atoms with Crippen molar-refractivity contribution in [1.29, 1.82) is 0 Å². The molecule has 100 valence electrons. The molecule has 2 rings (SSSR count). The number of aromatic nitrogens is 2. The Bertz CT molecular complexity index is 569. The Kier molecular flexibility index (Phi) is 3.85. The summed E-state index contributed by atoms with van der Waals surface area (Å²) in [6.45, 7) is 1.92. The van der Waals surface area contributed by atoms with Gasteiger partial charge in [0.2, 0.25) is 11.8 Å². The predicted molar refractivity (Wildman–Crippen MR) is 77.2 cm³/mol. The third-order valence-corrected chi connectivity index (χ3v) is 2.70. The van der Waals surface area contributed by atoms with Gasteiger partial charge in [-0.15, -0.1) is 0 Å². The van der Waals surface area contributed by atoms with Crippen molar-refractivity contribution in [2.45, 2.75) is 6.92 Å².